The lowest BCUT2D eigenvalue weighted by Gasteiger charge is -2.05. The van der Waals surface area contributed by atoms with Crippen molar-refractivity contribution in [3.63, 3.8) is 0 Å². The Labute approximate surface area is 101 Å². The summed E-state index contributed by atoms with van der Waals surface area (Å²) in [5.41, 5.74) is 0.838. The van der Waals surface area contributed by atoms with Crippen LogP contribution in [0.3, 0.4) is 0 Å². The number of benzene rings is 1. The van der Waals surface area contributed by atoms with Crippen LogP contribution in [-0.2, 0) is 0 Å². The van der Waals surface area contributed by atoms with Crippen LogP contribution in [0.25, 0.3) is 11.5 Å². The molecule has 0 bridgehead atoms. The Kier molecular flexibility index (Phi) is 2.97. The Bertz CT molecular complexity index is 553. The molecule has 0 saturated heterocycles. The highest BCUT2D eigenvalue weighted by Gasteiger charge is 2.07. The van der Waals surface area contributed by atoms with Gasteiger partial charge in [-0.25, -0.2) is 0 Å². The van der Waals surface area contributed by atoms with Gasteiger partial charge >= 0.3 is 0 Å². The smallest absolute Gasteiger partial charge is 0.294 e. The summed E-state index contributed by atoms with van der Waals surface area (Å²) >= 11 is 0. The molecule has 17 heavy (non-hydrogen) atoms. The Morgan fingerprint density at radius 3 is 2.41 bits per heavy atom. The van der Waals surface area contributed by atoms with E-state index in [2.05, 4.69) is 22.0 Å². The Balaban J connectivity index is 2.25. The fraction of sp³-hybridized carbons (Fsp3) is 0.286. The number of nitrogens with zero attached hydrogens (tertiary/aromatic N) is 2. The third kappa shape index (κ3) is 3.18. The SMILES string of the molecule is CC(C)(C)C#Cc1nnc(-c2ccccc2)o1. The average molecular weight is 226 g/mol. The van der Waals surface area contributed by atoms with E-state index in [4.69, 9.17) is 4.42 Å². The van der Waals surface area contributed by atoms with Crippen LogP contribution in [0.15, 0.2) is 34.7 Å². The van der Waals surface area contributed by atoms with E-state index < -0.39 is 0 Å². The molecule has 0 radical (unpaired) electrons. The summed E-state index contributed by atoms with van der Waals surface area (Å²) in [7, 11) is 0. The molecule has 3 nitrogen and oxygen atoms in total. The maximum absolute atomic E-state index is 5.47. The van der Waals surface area contributed by atoms with Gasteiger partial charge < -0.3 is 4.42 Å². The summed E-state index contributed by atoms with van der Waals surface area (Å²) in [5, 5.41) is 7.87. The van der Waals surface area contributed by atoms with Crippen LogP contribution in [-0.4, -0.2) is 10.2 Å². The molecular weight excluding hydrogens is 212 g/mol. The van der Waals surface area contributed by atoms with Crippen LogP contribution in [0.2, 0.25) is 0 Å². The van der Waals surface area contributed by atoms with Gasteiger partial charge in [-0.05, 0) is 38.8 Å². The van der Waals surface area contributed by atoms with Gasteiger partial charge in [0.15, 0.2) is 0 Å². The number of hydrogen-bond donors (Lipinski definition) is 0. The molecule has 86 valence electrons. The van der Waals surface area contributed by atoms with Gasteiger partial charge in [0.1, 0.15) is 0 Å². The van der Waals surface area contributed by atoms with Crippen LogP contribution in [0.4, 0.5) is 0 Å². The molecule has 0 unspecified atom stereocenters. The molecule has 2 aromatic rings. The lowest BCUT2D eigenvalue weighted by atomic mass is 9.98. The summed E-state index contributed by atoms with van der Waals surface area (Å²) in [4.78, 5) is 0. The highest BCUT2D eigenvalue weighted by atomic mass is 16.4. The van der Waals surface area contributed by atoms with Gasteiger partial charge in [-0.3, -0.25) is 0 Å². The molecule has 1 aromatic heterocycles. The molecule has 0 aliphatic carbocycles. The second-order valence-electron chi connectivity index (χ2n) is 4.78. The summed E-state index contributed by atoms with van der Waals surface area (Å²) in [6, 6.07) is 9.66. The van der Waals surface area contributed by atoms with Crippen LogP contribution in [0.5, 0.6) is 0 Å². The first-order valence-corrected chi connectivity index (χ1v) is 5.47. The van der Waals surface area contributed by atoms with Gasteiger partial charge in [-0.2, -0.15) is 0 Å². The van der Waals surface area contributed by atoms with Crippen molar-refractivity contribution in [2.45, 2.75) is 20.8 Å². The average Bonchev–Trinajstić information content (AvgIpc) is 2.75. The van der Waals surface area contributed by atoms with Crippen LogP contribution in [0.1, 0.15) is 26.7 Å². The molecular formula is C14H14N2O. The van der Waals surface area contributed by atoms with Crippen molar-refractivity contribution in [1.82, 2.24) is 10.2 Å². The van der Waals surface area contributed by atoms with Crippen molar-refractivity contribution in [2.24, 2.45) is 5.41 Å². The van der Waals surface area contributed by atoms with Gasteiger partial charge in [0.2, 0.25) is 5.89 Å². The van der Waals surface area contributed by atoms with E-state index in [1.165, 1.54) is 0 Å². The minimum atomic E-state index is -0.0681. The molecule has 2 rings (SSSR count). The minimum Gasteiger partial charge on any atom is -0.410 e. The Hall–Kier alpha value is -2.08. The minimum absolute atomic E-state index is 0.0681. The summed E-state index contributed by atoms with van der Waals surface area (Å²) < 4.78 is 5.47. The number of hydrogen-bond acceptors (Lipinski definition) is 3. The summed E-state index contributed by atoms with van der Waals surface area (Å²) in [6.45, 7) is 6.11. The molecule has 0 saturated carbocycles. The van der Waals surface area contributed by atoms with Crippen molar-refractivity contribution in [3.8, 4) is 23.3 Å². The molecule has 0 N–H and O–H groups in total. The predicted octanol–water partition coefficient (Wildman–Crippen LogP) is 3.13. The third-order valence-electron chi connectivity index (χ3n) is 1.99. The van der Waals surface area contributed by atoms with Crippen LogP contribution < -0.4 is 0 Å². The quantitative estimate of drug-likeness (QED) is 0.701. The molecule has 3 heteroatoms. The van der Waals surface area contributed by atoms with Crippen LogP contribution in [0, 0.1) is 17.3 Å². The van der Waals surface area contributed by atoms with E-state index in [0.29, 0.717) is 11.8 Å². The van der Waals surface area contributed by atoms with E-state index in [-0.39, 0.29) is 5.41 Å². The zero-order valence-electron chi connectivity index (χ0n) is 10.2. The van der Waals surface area contributed by atoms with E-state index in [1.807, 2.05) is 51.1 Å². The Morgan fingerprint density at radius 2 is 1.76 bits per heavy atom. The molecule has 1 heterocycles. The Morgan fingerprint density at radius 1 is 1.06 bits per heavy atom. The van der Waals surface area contributed by atoms with Crippen molar-refractivity contribution in [1.29, 1.82) is 0 Å². The van der Waals surface area contributed by atoms with E-state index in [0.717, 1.165) is 5.56 Å². The van der Waals surface area contributed by atoms with Crippen molar-refractivity contribution in [2.75, 3.05) is 0 Å². The first-order chi connectivity index (χ1) is 8.04. The van der Waals surface area contributed by atoms with Gasteiger partial charge in [0.05, 0.1) is 0 Å². The van der Waals surface area contributed by atoms with Crippen molar-refractivity contribution >= 4 is 0 Å². The molecule has 0 aliphatic heterocycles. The zero-order chi connectivity index (χ0) is 12.3. The first kappa shape index (κ1) is 11.4. The fourth-order valence-corrected chi connectivity index (χ4v) is 1.21. The second-order valence-corrected chi connectivity index (χ2v) is 4.78. The lowest BCUT2D eigenvalue weighted by Crippen LogP contribution is -1.99. The largest absolute Gasteiger partial charge is 0.410 e. The molecule has 0 atom stereocenters. The zero-order valence-corrected chi connectivity index (χ0v) is 10.2. The van der Waals surface area contributed by atoms with E-state index in [9.17, 15) is 0 Å². The van der Waals surface area contributed by atoms with Crippen molar-refractivity contribution < 1.29 is 4.42 Å². The monoisotopic (exact) mass is 226 g/mol. The van der Waals surface area contributed by atoms with E-state index in [1.54, 1.807) is 0 Å². The van der Waals surface area contributed by atoms with Gasteiger partial charge in [-0.1, -0.05) is 29.2 Å². The van der Waals surface area contributed by atoms with E-state index >= 15 is 0 Å². The normalized spacial score (nSPS) is 10.8. The molecule has 1 aromatic carbocycles. The standard InChI is InChI=1S/C14H14N2O/c1-14(2,3)10-9-12-15-16-13(17-12)11-7-5-4-6-8-11/h4-8H,1-3H3. The third-order valence-corrected chi connectivity index (χ3v) is 1.99. The first-order valence-electron chi connectivity index (χ1n) is 5.47. The van der Waals surface area contributed by atoms with Gasteiger partial charge in [-0.15, -0.1) is 5.10 Å². The highest BCUT2D eigenvalue weighted by molar-refractivity contribution is 5.52. The topological polar surface area (TPSA) is 38.9 Å². The fourth-order valence-electron chi connectivity index (χ4n) is 1.21. The summed E-state index contributed by atoms with van der Waals surface area (Å²) in [6.07, 6.45) is 0. The van der Waals surface area contributed by atoms with Crippen molar-refractivity contribution in [3.05, 3.63) is 36.2 Å². The second kappa shape index (κ2) is 4.42. The predicted molar refractivity (Wildman–Crippen MR) is 66.1 cm³/mol. The number of aromatic nitrogens is 2. The molecule has 0 fully saturated rings. The summed E-state index contributed by atoms with van der Waals surface area (Å²) in [5.74, 6) is 6.80. The molecule has 0 spiro atoms. The van der Waals surface area contributed by atoms with Gasteiger partial charge in [0, 0.05) is 11.0 Å². The lowest BCUT2D eigenvalue weighted by molar-refractivity contribution is 0.548. The molecule has 0 amide bonds. The number of rotatable bonds is 1. The maximum atomic E-state index is 5.47. The maximum Gasteiger partial charge on any atom is 0.294 e. The highest BCUT2D eigenvalue weighted by Crippen LogP contribution is 2.17. The van der Waals surface area contributed by atoms with Crippen LogP contribution >= 0.6 is 0 Å². The van der Waals surface area contributed by atoms with Gasteiger partial charge in [0.25, 0.3) is 5.89 Å². The molecule has 0 aliphatic rings.